The molecule has 0 amide bonds. The zero-order valence-corrected chi connectivity index (χ0v) is 20.8. The first-order valence-electron chi connectivity index (χ1n) is 12.2. The summed E-state index contributed by atoms with van der Waals surface area (Å²) in [7, 11) is 1.47. The van der Waals surface area contributed by atoms with Crippen LogP contribution in [0, 0.1) is 23.2 Å². The lowest BCUT2D eigenvalue weighted by Gasteiger charge is -2.22. The second-order valence-electron chi connectivity index (χ2n) is 9.74. The van der Waals surface area contributed by atoms with Crippen LogP contribution in [0.2, 0.25) is 0 Å². The molecule has 1 aliphatic heterocycles. The van der Waals surface area contributed by atoms with Crippen molar-refractivity contribution < 1.29 is 5.11 Å². The van der Waals surface area contributed by atoms with Crippen molar-refractivity contribution in [2.24, 2.45) is 18.9 Å². The number of aliphatic hydroxyl groups is 1. The van der Waals surface area contributed by atoms with Gasteiger partial charge in [0.05, 0.1) is 24.0 Å². The van der Waals surface area contributed by atoms with Crippen molar-refractivity contribution in [1.82, 2.24) is 38.6 Å². The Hall–Kier alpha value is -4.64. The number of nitrogens with one attached hydrogen (secondary N) is 1. The van der Waals surface area contributed by atoms with Gasteiger partial charge in [0.25, 0.3) is 5.56 Å². The smallest absolute Gasteiger partial charge is 0.333 e. The van der Waals surface area contributed by atoms with Crippen molar-refractivity contribution >= 4 is 22.9 Å². The van der Waals surface area contributed by atoms with Gasteiger partial charge < -0.3 is 19.9 Å². The number of aromatic nitrogens is 8. The van der Waals surface area contributed by atoms with Gasteiger partial charge in [0, 0.05) is 38.7 Å². The van der Waals surface area contributed by atoms with Crippen LogP contribution in [0.1, 0.15) is 19.4 Å². The van der Waals surface area contributed by atoms with Crippen molar-refractivity contribution in [3.8, 4) is 17.5 Å². The number of hydrogen-bond acceptors (Lipinski definition) is 11. The highest BCUT2D eigenvalue weighted by atomic mass is 16.3. The van der Waals surface area contributed by atoms with Gasteiger partial charge in [-0.15, -0.1) is 0 Å². The number of aliphatic hydroxyl groups excluding tert-OH is 1. The summed E-state index contributed by atoms with van der Waals surface area (Å²) in [5, 5.41) is 22.9. The predicted octanol–water partition coefficient (Wildman–Crippen LogP) is 0.115. The monoisotopic (exact) mass is 515 g/mol. The van der Waals surface area contributed by atoms with Gasteiger partial charge in [-0.05, 0) is 31.2 Å². The first-order valence-corrected chi connectivity index (χ1v) is 12.2. The number of nitriles is 1. The normalized spacial score (nSPS) is 19.7. The molecule has 4 aromatic rings. The number of imidazole rings is 1. The molecule has 2 fully saturated rings. The minimum atomic E-state index is -1.18. The van der Waals surface area contributed by atoms with Crippen LogP contribution in [0.3, 0.4) is 0 Å². The molecule has 5 heterocycles. The summed E-state index contributed by atoms with van der Waals surface area (Å²) >= 11 is 0. The molecule has 1 aliphatic carbocycles. The standard InChI is InChI=1S/C24H25N11O3/c1-13(35-12-29-20-18(35)22(37)34(6-4-25)24(38)32(20)2)21(36)31-17-3-5-26-19(30-17)16-8-27-23(28-9-16)33-10-14-7-15(14)11-33/h3,5,8-9,12-15,21,36H,6-7,10-11H2,1-2H3,(H,26,30,31). The van der Waals surface area contributed by atoms with Crippen LogP contribution in [0.25, 0.3) is 22.6 Å². The molecule has 1 saturated heterocycles. The van der Waals surface area contributed by atoms with E-state index in [1.54, 1.807) is 31.6 Å². The van der Waals surface area contributed by atoms with E-state index >= 15 is 0 Å². The van der Waals surface area contributed by atoms with E-state index in [1.165, 1.54) is 28.9 Å². The Labute approximate surface area is 215 Å². The number of hydrogen-bond donors (Lipinski definition) is 2. The summed E-state index contributed by atoms with van der Waals surface area (Å²) in [6.45, 7) is 3.31. The maximum Gasteiger partial charge on any atom is 0.333 e. The van der Waals surface area contributed by atoms with Gasteiger partial charge in [0.2, 0.25) is 5.95 Å². The number of fused-ring (bicyclic) bond motifs is 2. The summed E-state index contributed by atoms with van der Waals surface area (Å²) in [6, 6.07) is 2.75. The molecule has 0 radical (unpaired) electrons. The molecule has 6 rings (SSSR count). The van der Waals surface area contributed by atoms with Crippen molar-refractivity contribution in [2.45, 2.75) is 32.2 Å². The van der Waals surface area contributed by atoms with Crippen LogP contribution in [0.15, 0.2) is 40.6 Å². The Kier molecular flexibility index (Phi) is 5.64. The summed E-state index contributed by atoms with van der Waals surface area (Å²) in [4.78, 5) is 49.6. The fourth-order valence-electron chi connectivity index (χ4n) is 4.97. The van der Waals surface area contributed by atoms with Gasteiger partial charge in [-0.25, -0.2) is 34.3 Å². The van der Waals surface area contributed by atoms with Crippen molar-refractivity contribution in [1.29, 1.82) is 5.26 Å². The summed E-state index contributed by atoms with van der Waals surface area (Å²) < 4.78 is 3.51. The first kappa shape index (κ1) is 23.7. The van der Waals surface area contributed by atoms with E-state index in [4.69, 9.17) is 5.26 Å². The third-order valence-electron chi connectivity index (χ3n) is 7.29. The van der Waals surface area contributed by atoms with E-state index in [0.717, 1.165) is 29.5 Å². The molecule has 1 saturated carbocycles. The van der Waals surface area contributed by atoms with Gasteiger partial charge in [-0.3, -0.25) is 9.36 Å². The fourth-order valence-corrected chi connectivity index (χ4v) is 4.97. The molecule has 0 bridgehead atoms. The highest BCUT2D eigenvalue weighted by Gasteiger charge is 2.45. The number of piperidine rings is 1. The van der Waals surface area contributed by atoms with E-state index in [1.807, 2.05) is 6.07 Å². The largest absolute Gasteiger partial charge is 0.372 e. The molecular weight excluding hydrogens is 490 g/mol. The van der Waals surface area contributed by atoms with Gasteiger partial charge >= 0.3 is 5.69 Å². The van der Waals surface area contributed by atoms with Crippen LogP contribution in [0.4, 0.5) is 11.8 Å². The van der Waals surface area contributed by atoms with Crippen LogP contribution >= 0.6 is 0 Å². The predicted molar refractivity (Wildman–Crippen MR) is 136 cm³/mol. The molecule has 4 aromatic heterocycles. The Morgan fingerprint density at radius 1 is 1.18 bits per heavy atom. The molecule has 4 atom stereocenters. The minimum Gasteiger partial charge on any atom is -0.372 e. The Morgan fingerprint density at radius 3 is 2.63 bits per heavy atom. The minimum absolute atomic E-state index is 0.103. The number of anilines is 2. The molecule has 4 unspecified atom stereocenters. The van der Waals surface area contributed by atoms with Gasteiger partial charge in [0.15, 0.2) is 17.0 Å². The molecule has 38 heavy (non-hydrogen) atoms. The summed E-state index contributed by atoms with van der Waals surface area (Å²) in [5.74, 6) is 3.02. The first-order chi connectivity index (χ1) is 18.4. The van der Waals surface area contributed by atoms with Crippen molar-refractivity contribution in [3.05, 3.63) is 51.8 Å². The molecule has 194 valence electrons. The Balaban J connectivity index is 1.22. The van der Waals surface area contributed by atoms with Gasteiger partial charge in [0.1, 0.15) is 18.6 Å². The third kappa shape index (κ3) is 3.97. The lowest BCUT2D eigenvalue weighted by atomic mass is 10.2. The Morgan fingerprint density at radius 2 is 1.92 bits per heavy atom. The van der Waals surface area contributed by atoms with Crippen LogP contribution in [-0.4, -0.2) is 63.0 Å². The lowest BCUT2D eigenvalue weighted by Crippen LogP contribution is -2.40. The van der Waals surface area contributed by atoms with E-state index in [-0.39, 0.29) is 11.2 Å². The summed E-state index contributed by atoms with van der Waals surface area (Å²) in [6.07, 6.45) is 6.45. The van der Waals surface area contributed by atoms with Crippen molar-refractivity contribution in [3.63, 3.8) is 0 Å². The maximum atomic E-state index is 13.0. The zero-order valence-electron chi connectivity index (χ0n) is 20.8. The quantitative estimate of drug-likeness (QED) is 0.320. The van der Waals surface area contributed by atoms with Crippen LogP contribution in [-0.2, 0) is 13.6 Å². The van der Waals surface area contributed by atoms with Crippen molar-refractivity contribution in [2.75, 3.05) is 23.3 Å². The maximum absolute atomic E-state index is 13.0. The second-order valence-corrected chi connectivity index (χ2v) is 9.74. The van der Waals surface area contributed by atoms with Crippen LogP contribution in [0.5, 0.6) is 0 Å². The number of nitrogens with zero attached hydrogens (tertiary/aromatic N) is 10. The highest BCUT2D eigenvalue weighted by molar-refractivity contribution is 5.70. The topological polar surface area (TPSA) is 173 Å². The molecular formula is C24H25N11O3. The van der Waals surface area contributed by atoms with Crippen LogP contribution < -0.4 is 21.5 Å². The van der Waals surface area contributed by atoms with E-state index in [9.17, 15) is 14.7 Å². The number of rotatable bonds is 7. The molecule has 0 aromatic carbocycles. The molecule has 2 aliphatic rings. The fraction of sp³-hybridized carbons (Fsp3) is 0.417. The zero-order chi connectivity index (χ0) is 26.6. The molecule has 2 N–H and O–H groups in total. The lowest BCUT2D eigenvalue weighted by molar-refractivity contribution is 0.148. The van der Waals surface area contributed by atoms with E-state index in [2.05, 4.69) is 35.1 Å². The average Bonchev–Trinajstić information content (AvgIpc) is 3.32. The highest BCUT2D eigenvalue weighted by Crippen LogP contribution is 2.45. The molecule has 14 nitrogen and oxygen atoms in total. The second kappa shape index (κ2) is 9.03. The SMILES string of the molecule is CC(C(O)Nc1ccnc(-c2cnc(N3CC4CC4C3)nc2)n1)n1cnc2c1c(=O)n(CC#N)c(=O)n2C. The number of aryl methyl sites for hydroxylation is 1. The summed E-state index contributed by atoms with van der Waals surface area (Å²) in [5.41, 5.74) is -0.384. The molecule has 0 spiro atoms. The molecule has 14 heteroatoms. The average molecular weight is 516 g/mol. The van der Waals surface area contributed by atoms with Gasteiger partial charge in [-0.2, -0.15) is 5.26 Å². The van der Waals surface area contributed by atoms with E-state index < -0.39 is 30.1 Å². The van der Waals surface area contributed by atoms with Gasteiger partial charge in [-0.1, -0.05) is 0 Å². The van der Waals surface area contributed by atoms with E-state index in [0.29, 0.717) is 23.2 Å². The third-order valence-corrected chi connectivity index (χ3v) is 7.29. The Bertz CT molecular complexity index is 1670.